The van der Waals surface area contributed by atoms with Gasteiger partial charge in [0.15, 0.2) is 0 Å². The second kappa shape index (κ2) is 8.74. The Morgan fingerprint density at radius 2 is 2.12 bits per heavy atom. The van der Waals surface area contributed by atoms with Gasteiger partial charge in [-0.1, -0.05) is 18.2 Å². The van der Waals surface area contributed by atoms with Crippen molar-refractivity contribution in [2.24, 2.45) is 5.92 Å². The van der Waals surface area contributed by atoms with Gasteiger partial charge in [-0.25, -0.2) is 9.37 Å². The van der Waals surface area contributed by atoms with Crippen LogP contribution in [0.15, 0.2) is 36.7 Å². The molecule has 0 radical (unpaired) electrons. The average molecular weight is 356 g/mol. The molecule has 0 spiro atoms. The summed E-state index contributed by atoms with van der Waals surface area (Å²) in [6, 6.07) is 6.66. The molecule has 3 rings (SSSR count). The minimum atomic E-state index is -0.237. The summed E-state index contributed by atoms with van der Waals surface area (Å²) in [7, 11) is 1.84. The van der Waals surface area contributed by atoms with Crippen molar-refractivity contribution in [3.8, 4) is 0 Å². The van der Waals surface area contributed by atoms with E-state index in [9.17, 15) is 9.18 Å². The van der Waals surface area contributed by atoms with Crippen LogP contribution in [0.1, 0.15) is 30.5 Å². The third-order valence-electron chi connectivity index (χ3n) is 4.93. The van der Waals surface area contributed by atoms with Gasteiger partial charge in [-0.3, -0.25) is 9.78 Å². The Morgan fingerprint density at radius 3 is 2.92 bits per heavy atom. The highest BCUT2D eigenvalue weighted by Crippen LogP contribution is 2.23. The SMILES string of the molecule is CNc1nccnc1C[C@H]1CCCN(C(=O)CCc2ccccc2F)C1. The highest BCUT2D eigenvalue weighted by molar-refractivity contribution is 5.76. The van der Waals surface area contributed by atoms with E-state index >= 15 is 0 Å². The first-order valence-corrected chi connectivity index (χ1v) is 9.16. The molecule has 6 heteroatoms. The number of carbonyl (C=O) groups is 1. The third-order valence-corrected chi connectivity index (χ3v) is 4.93. The number of likely N-dealkylation sites (tertiary alicyclic amines) is 1. The van der Waals surface area contributed by atoms with E-state index < -0.39 is 0 Å². The number of piperidine rings is 1. The average Bonchev–Trinajstić information content (AvgIpc) is 2.68. The van der Waals surface area contributed by atoms with E-state index in [0.717, 1.165) is 43.9 Å². The molecule has 26 heavy (non-hydrogen) atoms. The summed E-state index contributed by atoms with van der Waals surface area (Å²) < 4.78 is 13.7. The van der Waals surface area contributed by atoms with Crippen LogP contribution in [0.25, 0.3) is 0 Å². The summed E-state index contributed by atoms with van der Waals surface area (Å²) in [5.41, 5.74) is 1.55. The molecule has 0 bridgehead atoms. The minimum Gasteiger partial charge on any atom is -0.372 e. The molecule has 0 unspecified atom stereocenters. The lowest BCUT2D eigenvalue weighted by Crippen LogP contribution is -2.40. The number of aromatic nitrogens is 2. The van der Waals surface area contributed by atoms with Gasteiger partial charge in [0.05, 0.1) is 5.69 Å². The predicted octanol–water partition coefficient (Wildman–Crippen LogP) is 3.07. The first-order chi connectivity index (χ1) is 12.7. The standard InChI is InChI=1S/C20H25FN4O/c1-22-20-18(23-10-11-24-20)13-15-5-4-12-25(14-15)19(26)9-8-16-6-2-3-7-17(16)21/h2-3,6-7,10-11,15H,4-5,8-9,12-14H2,1H3,(H,22,24)/t15-/m1/s1. The summed E-state index contributed by atoms with van der Waals surface area (Å²) in [5.74, 6) is 1.05. The predicted molar refractivity (Wildman–Crippen MR) is 99.3 cm³/mol. The molecule has 1 aliphatic rings. The van der Waals surface area contributed by atoms with Gasteiger partial charge in [-0.15, -0.1) is 0 Å². The maximum atomic E-state index is 13.7. The number of aryl methyl sites for hydroxylation is 1. The normalized spacial score (nSPS) is 17.2. The molecule has 138 valence electrons. The zero-order valence-electron chi connectivity index (χ0n) is 15.1. The van der Waals surface area contributed by atoms with Crippen molar-refractivity contribution >= 4 is 11.7 Å². The lowest BCUT2D eigenvalue weighted by atomic mass is 9.92. The zero-order chi connectivity index (χ0) is 18.4. The smallest absolute Gasteiger partial charge is 0.222 e. The van der Waals surface area contributed by atoms with Crippen LogP contribution in [0, 0.1) is 11.7 Å². The molecule has 2 aromatic rings. The summed E-state index contributed by atoms with van der Waals surface area (Å²) in [4.78, 5) is 23.2. The molecule has 1 aromatic heterocycles. The van der Waals surface area contributed by atoms with Crippen LogP contribution in [-0.4, -0.2) is 40.9 Å². The van der Waals surface area contributed by atoms with Crippen LogP contribution < -0.4 is 5.32 Å². The first-order valence-electron chi connectivity index (χ1n) is 9.16. The van der Waals surface area contributed by atoms with Crippen molar-refractivity contribution in [1.82, 2.24) is 14.9 Å². The highest BCUT2D eigenvalue weighted by atomic mass is 19.1. The fraction of sp³-hybridized carbons (Fsp3) is 0.450. The van der Waals surface area contributed by atoms with Crippen molar-refractivity contribution in [2.45, 2.75) is 32.1 Å². The van der Waals surface area contributed by atoms with Crippen molar-refractivity contribution in [1.29, 1.82) is 0 Å². The Balaban J connectivity index is 1.56. The number of nitrogens with zero attached hydrogens (tertiary/aromatic N) is 3. The molecule has 1 atom stereocenters. The zero-order valence-corrected chi connectivity index (χ0v) is 15.1. The number of halogens is 1. The Labute approximate surface area is 153 Å². The van der Waals surface area contributed by atoms with Crippen molar-refractivity contribution < 1.29 is 9.18 Å². The lowest BCUT2D eigenvalue weighted by molar-refractivity contribution is -0.133. The molecule has 1 aromatic carbocycles. The topological polar surface area (TPSA) is 58.1 Å². The number of carbonyl (C=O) groups excluding carboxylic acids is 1. The van der Waals surface area contributed by atoms with E-state index in [2.05, 4.69) is 15.3 Å². The number of rotatable bonds is 6. The number of amides is 1. The van der Waals surface area contributed by atoms with E-state index in [1.54, 1.807) is 30.6 Å². The molecule has 1 aliphatic heterocycles. The van der Waals surface area contributed by atoms with Gasteiger partial charge in [0.1, 0.15) is 11.6 Å². The Bertz CT molecular complexity index is 752. The largest absolute Gasteiger partial charge is 0.372 e. The van der Waals surface area contributed by atoms with Gasteiger partial charge in [-0.2, -0.15) is 0 Å². The molecular formula is C20H25FN4O. The molecule has 1 N–H and O–H groups in total. The van der Waals surface area contributed by atoms with E-state index in [1.807, 2.05) is 11.9 Å². The van der Waals surface area contributed by atoms with Crippen LogP contribution in [0.4, 0.5) is 10.2 Å². The van der Waals surface area contributed by atoms with Crippen LogP contribution in [-0.2, 0) is 17.6 Å². The van der Waals surface area contributed by atoms with Crippen LogP contribution in [0.2, 0.25) is 0 Å². The first kappa shape index (κ1) is 18.3. The molecule has 1 amide bonds. The second-order valence-electron chi connectivity index (χ2n) is 6.75. The van der Waals surface area contributed by atoms with Crippen molar-refractivity contribution in [2.75, 3.05) is 25.5 Å². The molecule has 2 heterocycles. The summed E-state index contributed by atoms with van der Waals surface area (Å²) >= 11 is 0. The fourth-order valence-corrected chi connectivity index (χ4v) is 3.56. The number of hydrogen-bond donors (Lipinski definition) is 1. The number of anilines is 1. The molecule has 1 fully saturated rings. The molecule has 0 aliphatic carbocycles. The highest BCUT2D eigenvalue weighted by Gasteiger charge is 2.25. The number of hydrogen-bond acceptors (Lipinski definition) is 4. The fourth-order valence-electron chi connectivity index (χ4n) is 3.56. The Kier molecular flexibility index (Phi) is 6.15. The third kappa shape index (κ3) is 4.56. The van der Waals surface area contributed by atoms with E-state index in [0.29, 0.717) is 24.3 Å². The molecule has 1 saturated heterocycles. The van der Waals surface area contributed by atoms with Gasteiger partial charge < -0.3 is 10.2 Å². The maximum Gasteiger partial charge on any atom is 0.222 e. The second-order valence-corrected chi connectivity index (χ2v) is 6.75. The van der Waals surface area contributed by atoms with Crippen molar-refractivity contribution in [3.63, 3.8) is 0 Å². The van der Waals surface area contributed by atoms with E-state index in [4.69, 9.17) is 0 Å². The van der Waals surface area contributed by atoms with E-state index in [1.165, 1.54) is 6.07 Å². The van der Waals surface area contributed by atoms with Gasteiger partial charge in [0.2, 0.25) is 5.91 Å². The monoisotopic (exact) mass is 356 g/mol. The van der Waals surface area contributed by atoms with Crippen molar-refractivity contribution in [3.05, 3.63) is 53.7 Å². The summed E-state index contributed by atoms with van der Waals surface area (Å²) in [6.07, 6.45) is 7.05. The van der Waals surface area contributed by atoms with Gasteiger partial charge in [-0.05, 0) is 43.2 Å². The molecular weight excluding hydrogens is 331 g/mol. The van der Waals surface area contributed by atoms with Crippen LogP contribution in [0.5, 0.6) is 0 Å². The minimum absolute atomic E-state index is 0.103. The van der Waals surface area contributed by atoms with Gasteiger partial charge in [0, 0.05) is 39.0 Å². The van der Waals surface area contributed by atoms with Gasteiger partial charge in [0.25, 0.3) is 0 Å². The molecule has 5 nitrogen and oxygen atoms in total. The number of nitrogens with one attached hydrogen (secondary N) is 1. The Morgan fingerprint density at radius 1 is 1.31 bits per heavy atom. The summed E-state index contributed by atoms with van der Waals surface area (Å²) in [6.45, 7) is 1.52. The van der Waals surface area contributed by atoms with Crippen LogP contribution in [0.3, 0.4) is 0 Å². The number of benzene rings is 1. The Hall–Kier alpha value is -2.50. The lowest BCUT2D eigenvalue weighted by Gasteiger charge is -2.33. The quantitative estimate of drug-likeness (QED) is 0.864. The summed E-state index contributed by atoms with van der Waals surface area (Å²) in [5, 5.41) is 3.07. The van der Waals surface area contributed by atoms with Crippen LogP contribution >= 0.6 is 0 Å². The van der Waals surface area contributed by atoms with Gasteiger partial charge >= 0.3 is 0 Å². The molecule has 0 saturated carbocycles. The maximum absolute atomic E-state index is 13.7. The van der Waals surface area contributed by atoms with E-state index in [-0.39, 0.29) is 11.7 Å².